The molecule has 1 amide bonds. The van der Waals surface area contributed by atoms with Crippen molar-refractivity contribution in [3.63, 3.8) is 0 Å². The highest BCUT2D eigenvalue weighted by atomic mass is 79.9. The van der Waals surface area contributed by atoms with Gasteiger partial charge in [-0.05, 0) is 56.2 Å². The Morgan fingerprint density at radius 1 is 1.28 bits per heavy atom. The zero-order valence-corrected chi connectivity index (χ0v) is 16.6. The molecular formula is C19H20BrN3OS. The molecule has 0 aromatic heterocycles. The number of rotatable bonds is 3. The van der Waals surface area contributed by atoms with Crippen molar-refractivity contribution in [1.29, 1.82) is 0 Å². The van der Waals surface area contributed by atoms with Gasteiger partial charge < -0.3 is 11.1 Å². The number of anilines is 1. The fourth-order valence-corrected chi connectivity index (χ4v) is 4.24. The first-order valence-corrected chi connectivity index (χ1v) is 9.81. The number of hydrogen-bond acceptors (Lipinski definition) is 4. The number of nitrogens with zero attached hydrogens (tertiary/aromatic N) is 1. The van der Waals surface area contributed by atoms with E-state index in [0.717, 1.165) is 33.5 Å². The van der Waals surface area contributed by atoms with Crippen LogP contribution in [0.2, 0.25) is 0 Å². The highest BCUT2D eigenvalue weighted by Gasteiger charge is 2.30. The number of benzene rings is 2. The number of hydrogen-bond donors (Lipinski definition) is 2. The van der Waals surface area contributed by atoms with Gasteiger partial charge in [-0.3, -0.25) is 9.79 Å². The van der Waals surface area contributed by atoms with Crippen LogP contribution < -0.4 is 11.1 Å². The van der Waals surface area contributed by atoms with Gasteiger partial charge in [-0.15, -0.1) is 0 Å². The molecule has 130 valence electrons. The molecular weight excluding hydrogens is 398 g/mol. The average Bonchev–Trinajstić information content (AvgIpc) is 2.54. The van der Waals surface area contributed by atoms with Crippen LogP contribution in [-0.2, 0) is 5.54 Å². The Morgan fingerprint density at radius 3 is 2.68 bits per heavy atom. The normalized spacial score (nSPS) is 20.0. The van der Waals surface area contributed by atoms with Crippen LogP contribution in [-0.4, -0.2) is 16.8 Å². The van der Waals surface area contributed by atoms with Gasteiger partial charge in [-0.25, -0.2) is 0 Å². The zero-order chi connectivity index (χ0) is 18.0. The van der Waals surface area contributed by atoms with E-state index in [4.69, 9.17) is 5.73 Å². The monoisotopic (exact) mass is 417 g/mol. The molecule has 1 heterocycles. The van der Waals surface area contributed by atoms with Gasteiger partial charge in [0.25, 0.3) is 5.91 Å². The second kappa shape index (κ2) is 7.22. The Labute approximate surface area is 160 Å². The van der Waals surface area contributed by atoms with Crippen LogP contribution in [0.5, 0.6) is 0 Å². The molecule has 1 aliphatic heterocycles. The van der Waals surface area contributed by atoms with Crippen molar-refractivity contribution in [3.05, 3.63) is 63.6 Å². The molecule has 6 heteroatoms. The van der Waals surface area contributed by atoms with Crippen molar-refractivity contribution in [2.45, 2.75) is 25.8 Å². The van der Waals surface area contributed by atoms with Crippen LogP contribution in [0.4, 0.5) is 5.69 Å². The van der Waals surface area contributed by atoms with E-state index >= 15 is 0 Å². The minimum Gasteiger partial charge on any atom is -0.379 e. The van der Waals surface area contributed by atoms with E-state index in [1.807, 2.05) is 49.4 Å². The van der Waals surface area contributed by atoms with Gasteiger partial charge in [0.05, 0.1) is 5.54 Å². The van der Waals surface area contributed by atoms with Gasteiger partial charge in [-0.2, -0.15) is 0 Å². The van der Waals surface area contributed by atoms with Gasteiger partial charge >= 0.3 is 0 Å². The fourth-order valence-electron chi connectivity index (χ4n) is 2.78. The number of halogens is 1. The van der Waals surface area contributed by atoms with E-state index in [9.17, 15) is 4.79 Å². The summed E-state index contributed by atoms with van der Waals surface area (Å²) >= 11 is 5.12. The van der Waals surface area contributed by atoms with Crippen molar-refractivity contribution < 1.29 is 4.79 Å². The molecule has 1 unspecified atom stereocenters. The molecule has 0 saturated heterocycles. The van der Waals surface area contributed by atoms with Crippen LogP contribution in [0.3, 0.4) is 0 Å². The molecule has 2 aromatic carbocycles. The van der Waals surface area contributed by atoms with Crippen molar-refractivity contribution in [3.8, 4) is 0 Å². The lowest BCUT2D eigenvalue weighted by Crippen LogP contribution is -2.29. The Balaban J connectivity index is 1.88. The van der Waals surface area contributed by atoms with E-state index in [1.54, 1.807) is 11.8 Å². The Kier molecular flexibility index (Phi) is 5.20. The van der Waals surface area contributed by atoms with Gasteiger partial charge in [0.15, 0.2) is 5.17 Å². The predicted molar refractivity (Wildman–Crippen MR) is 109 cm³/mol. The summed E-state index contributed by atoms with van der Waals surface area (Å²) in [6.45, 7) is 4.07. The molecule has 0 aliphatic carbocycles. The topological polar surface area (TPSA) is 67.5 Å². The minimum atomic E-state index is -0.373. The average molecular weight is 418 g/mol. The number of amides is 1. The van der Waals surface area contributed by atoms with E-state index < -0.39 is 0 Å². The van der Waals surface area contributed by atoms with E-state index in [0.29, 0.717) is 10.7 Å². The maximum absolute atomic E-state index is 12.5. The van der Waals surface area contributed by atoms with Crippen molar-refractivity contribution in [2.24, 2.45) is 10.7 Å². The molecule has 0 saturated carbocycles. The Morgan fingerprint density at radius 2 is 2.00 bits per heavy atom. The second-order valence-corrected chi connectivity index (χ2v) is 8.40. The first kappa shape index (κ1) is 18.0. The zero-order valence-electron chi connectivity index (χ0n) is 14.2. The summed E-state index contributed by atoms with van der Waals surface area (Å²) in [7, 11) is 0. The predicted octanol–water partition coefficient (Wildman–Crippen LogP) is 4.68. The number of nitrogens with two attached hydrogens (primary N) is 1. The summed E-state index contributed by atoms with van der Waals surface area (Å²) in [5, 5.41) is 3.58. The van der Waals surface area contributed by atoms with Crippen LogP contribution >= 0.6 is 27.7 Å². The van der Waals surface area contributed by atoms with Gasteiger partial charge in [-0.1, -0.05) is 45.4 Å². The number of aliphatic imine (C=N–C) groups is 1. The lowest BCUT2D eigenvalue weighted by Gasteiger charge is -2.30. The molecule has 0 bridgehead atoms. The molecule has 3 N–H and O–H groups in total. The molecule has 3 rings (SSSR count). The molecule has 0 radical (unpaired) electrons. The molecule has 1 aliphatic rings. The van der Waals surface area contributed by atoms with Crippen LogP contribution in [0.25, 0.3) is 0 Å². The van der Waals surface area contributed by atoms with E-state index in [-0.39, 0.29) is 11.4 Å². The third-order valence-corrected chi connectivity index (χ3v) is 5.54. The lowest BCUT2D eigenvalue weighted by molar-refractivity contribution is 0.102. The minimum absolute atomic E-state index is 0.128. The Hall–Kier alpha value is -1.79. The summed E-state index contributed by atoms with van der Waals surface area (Å²) < 4.78 is 0.900. The lowest BCUT2D eigenvalue weighted by atomic mass is 9.89. The summed E-state index contributed by atoms with van der Waals surface area (Å²) in [6, 6.07) is 13.4. The summed E-state index contributed by atoms with van der Waals surface area (Å²) in [5.74, 6) is 0.806. The summed E-state index contributed by atoms with van der Waals surface area (Å²) in [6.07, 6.45) is 0.903. The number of thioether (sulfide) groups is 1. The molecule has 1 atom stereocenters. The fraction of sp³-hybridized carbons (Fsp3) is 0.263. The van der Waals surface area contributed by atoms with Gasteiger partial charge in [0, 0.05) is 21.5 Å². The first-order chi connectivity index (χ1) is 11.9. The first-order valence-electron chi connectivity index (χ1n) is 8.03. The summed E-state index contributed by atoms with van der Waals surface area (Å²) in [4.78, 5) is 17.1. The maximum atomic E-state index is 12.5. The highest BCUT2D eigenvalue weighted by molar-refractivity contribution is 9.10. The highest BCUT2D eigenvalue weighted by Crippen LogP contribution is 2.37. The SMILES string of the molecule is Cc1ccc(C(=O)Nc2cc(Br)cc(C3(C)CCSC(N)=N3)c2)cc1. The quantitative estimate of drug-likeness (QED) is 0.761. The molecule has 4 nitrogen and oxygen atoms in total. The van der Waals surface area contributed by atoms with Crippen LogP contribution in [0, 0.1) is 6.92 Å². The number of carbonyl (C=O) groups is 1. The molecule has 25 heavy (non-hydrogen) atoms. The number of nitrogens with one attached hydrogen (secondary N) is 1. The number of amidine groups is 1. The van der Waals surface area contributed by atoms with E-state index in [1.165, 1.54) is 0 Å². The van der Waals surface area contributed by atoms with Gasteiger partial charge in [0.2, 0.25) is 0 Å². The third kappa shape index (κ3) is 4.25. The van der Waals surface area contributed by atoms with Crippen molar-refractivity contribution in [2.75, 3.05) is 11.1 Å². The van der Waals surface area contributed by atoms with Gasteiger partial charge in [0.1, 0.15) is 0 Å². The smallest absolute Gasteiger partial charge is 0.255 e. The molecule has 0 fully saturated rings. The number of carbonyl (C=O) groups excluding carboxylic acids is 1. The molecule has 2 aromatic rings. The van der Waals surface area contributed by atoms with Crippen molar-refractivity contribution >= 4 is 44.5 Å². The maximum Gasteiger partial charge on any atom is 0.255 e. The van der Waals surface area contributed by atoms with Crippen molar-refractivity contribution in [1.82, 2.24) is 0 Å². The number of aryl methyl sites for hydroxylation is 1. The standard InChI is InChI=1S/C19H20BrN3OS/c1-12-3-5-13(6-4-12)17(24)22-16-10-14(9-15(20)11-16)19(2)7-8-25-18(21)23-19/h3-6,9-11H,7-8H2,1-2H3,(H2,21,23)(H,22,24). The summed E-state index contributed by atoms with van der Waals surface area (Å²) in [5.41, 5.74) is 9.08. The largest absolute Gasteiger partial charge is 0.379 e. The van der Waals surface area contributed by atoms with Crippen LogP contribution in [0.15, 0.2) is 51.9 Å². The Bertz CT molecular complexity index is 835. The van der Waals surface area contributed by atoms with Crippen LogP contribution in [0.1, 0.15) is 34.8 Å². The molecule has 0 spiro atoms. The third-order valence-electron chi connectivity index (χ3n) is 4.29. The van der Waals surface area contributed by atoms with E-state index in [2.05, 4.69) is 33.2 Å². The second-order valence-electron chi connectivity index (χ2n) is 6.37.